The molecule has 0 radical (unpaired) electrons. The third kappa shape index (κ3) is 5.50. The van der Waals surface area contributed by atoms with E-state index in [1.54, 1.807) is 6.07 Å². The number of amides is 6. The maximum Gasteiger partial charge on any atom is 0.340 e. The molecule has 0 aromatic heterocycles. The van der Waals surface area contributed by atoms with Gasteiger partial charge in [-0.25, -0.2) is 14.6 Å². The Bertz CT molecular complexity index is 1200. The summed E-state index contributed by atoms with van der Waals surface area (Å²) in [5.41, 5.74) is -3.82. The minimum Gasteiger partial charge on any atom is -0.430 e. The lowest BCUT2D eigenvalue weighted by Gasteiger charge is -2.35. The van der Waals surface area contributed by atoms with Gasteiger partial charge in [0.2, 0.25) is 23.6 Å². The van der Waals surface area contributed by atoms with Crippen molar-refractivity contribution in [2.24, 2.45) is 0 Å². The van der Waals surface area contributed by atoms with Crippen molar-refractivity contribution in [1.82, 2.24) is 9.80 Å². The van der Waals surface area contributed by atoms with E-state index in [1.165, 1.54) is 24.3 Å². The van der Waals surface area contributed by atoms with Crippen molar-refractivity contribution in [2.75, 3.05) is 0 Å². The molecule has 188 valence electrons. The van der Waals surface area contributed by atoms with Crippen molar-refractivity contribution in [3.63, 3.8) is 0 Å². The Morgan fingerprint density at radius 1 is 0.667 bits per heavy atom. The molecule has 0 spiro atoms. The maximum absolute atomic E-state index is 13.9. The molecule has 2 rings (SSSR count). The van der Waals surface area contributed by atoms with Crippen LogP contribution in [0, 0.1) is 0 Å². The molecule has 0 bridgehead atoms. The average Bonchev–Trinajstić information content (AvgIpc) is 2.78. The standard InChI is InChI=1S/C24H20Cl2N2O8/c1-13(29)27(14(2)30)22(34)24(18-10-11-19(25)20(26)12-18,23(35)28(15(3)31)16(4)32)36-21(33)17-8-6-5-7-9-17/h5-12H,1-4H3. The molecule has 0 fully saturated rings. The number of hydrogen-bond donors (Lipinski definition) is 0. The van der Waals surface area contributed by atoms with Crippen molar-refractivity contribution in [2.45, 2.75) is 33.3 Å². The molecule has 0 aliphatic rings. The van der Waals surface area contributed by atoms with Gasteiger partial charge in [0, 0.05) is 33.3 Å². The molecule has 2 aromatic carbocycles. The summed E-state index contributed by atoms with van der Waals surface area (Å²) >= 11 is 12.1. The van der Waals surface area contributed by atoms with E-state index in [0.717, 1.165) is 45.9 Å². The van der Waals surface area contributed by atoms with Gasteiger partial charge in [-0.15, -0.1) is 0 Å². The number of rotatable bonds is 5. The van der Waals surface area contributed by atoms with E-state index in [4.69, 9.17) is 27.9 Å². The first-order valence-corrected chi connectivity index (χ1v) is 11.0. The van der Waals surface area contributed by atoms with Gasteiger partial charge in [-0.05, 0) is 24.3 Å². The van der Waals surface area contributed by atoms with E-state index in [1.807, 2.05) is 0 Å². The molecule has 36 heavy (non-hydrogen) atoms. The predicted molar refractivity (Wildman–Crippen MR) is 126 cm³/mol. The molecule has 0 atom stereocenters. The molecule has 0 saturated heterocycles. The first kappa shape index (κ1) is 28.3. The molecule has 0 saturated carbocycles. The maximum atomic E-state index is 13.9. The van der Waals surface area contributed by atoms with Crippen molar-refractivity contribution < 1.29 is 38.3 Å². The van der Waals surface area contributed by atoms with Crippen LogP contribution in [0.1, 0.15) is 43.6 Å². The first-order valence-electron chi connectivity index (χ1n) is 10.2. The summed E-state index contributed by atoms with van der Waals surface area (Å²) in [5.74, 6) is -9.06. The van der Waals surface area contributed by atoms with Crippen LogP contribution >= 0.6 is 23.2 Å². The van der Waals surface area contributed by atoms with Crippen LogP contribution in [0.15, 0.2) is 48.5 Å². The Kier molecular flexibility index (Phi) is 8.84. The fraction of sp³-hybridized carbons (Fsp3) is 0.208. The second-order valence-corrected chi connectivity index (χ2v) is 8.24. The summed E-state index contributed by atoms with van der Waals surface area (Å²) in [7, 11) is 0. The van der Waals surface area contributed by atoms with Crippen LogP contribution in [-0.4, -0.2) is 51.2 Å². The van der Waals surface area contributed by atoms with Crippen molar-refractivity contribution in [3.8, 4) is 0 Å². The summed E-state index contributed by atoms with van der Waals surface area (Å²) in [6, 6.07) is 10.3. The van der Waals surface area contributed by atoms with Gasteiger partial charge in [0.15, 0.2) is 0 Å². The van der Waals surface area contributed by atoms with Crippen LogP contribution in [0.5, 0.6) is 0 Å². The number of halogens is 2. The molecule has 10 nitrogen and oxygen atoms in total. The molecule has 6 amide bonds. The van der Waals surface area contributed by atoms with Gasteiger partial charge in [0.25, 0.3) is 17.4 Å². The monoisotopic (exact) mass is 534 g/mol. The van der Waals surface area contributed by atoms with Crippen LogP contribution in [0.25, 0.3) is 0 Å². The highest BCUT2D eigenvalue weighted by atomic mass is 35.5. The van der Waals surface area contributed by atoms with E-state index in [9.17, 15) is 33.6 Å². The summed E-state index contributed by atoms with van der Waals surface area (Å²) in [4.78, 5) is 90.1. The van der Waals surface area contributed by atoms with Crippen LogP contribution in [0.3, 0.4) is 0 Å². The molecular formula is C24H20Cl2N2O8. The molecule has 12 heteroatoms. The molecule has 0 heterocycles. The van der Waals surface area contributed by atoms with Gasteiger partial charge in [-0.2, -0.15) is 0 Å². The highest BCUT2D eigenvalue weighted by Gasteiger charge is 2.58. The Balaban J connectivity index is 3.01. The number of carbonyl (C=O) groups excluding carboxylic acids is 7. The zero-order valence-electron chi connectivity index (χ0n) is 19.5. The average molecular weight is 535 g/mol. The fourth-order valence-electron chi connectivity index (χ4n) is 3.30. The lowest BCUT2D eigenvalue weighted by Crippen LogP contribution is -2.62. The lowest BCUT2D eigenvalue weighted by atomic mass is 9.89. The quantitative estimate of drug-likeness (QED) is 0.421. The third-order valence-corrected chi connectivity index (χ3v) is 5.59. The van der Waals surface area contributed by atoms with E-state index in [0.29, 0.717) is 0 Å². The summed E-state index contributed by atoms with van der Waals surface area (Å²) in [6.45, 7) is 3.43. The van der Waals surface area contributed by atoms with Crippen LogP contribution in [0.2, 0.25) is 10.0 Å². The predicted octanol–water partition coefficient (Wildman–Crippen LogP) is 2.89. The number of nitrogens with zero attached hydrogens (tertiary/aromatic N) is 2. The third-order valence-electron chi connectivity index (χ3n) is 4.85. The van der Waals surface area contributed by atoms with Gasteiger partial charge in [0.05, 0.1) is 15.6 Å². The Labute approximate surface area is 215 Å². The zero-order chi connectivity index (χ0) is 27.4. The highest BCUT2D eigenvalue weighted by Crippen LogP contribution is 2.36. The van der Waals surface area contributed by atoms with Gasteiger partial charge in [-0.1, -0.05) is 47.5 Å². The van der Waals surface area contributed by atoms with Crippen LogP contribution in [-0.2, 0) is 39.1 Å². The number of ether oxygens (including phenoxy) is 1. The summed E-state index contributed by atoms with van der Waals surface area (Å²) in [6.07, 6.45) is 0. The Morgan fingerprint density at radius 2 is 1.11 bits per heavy atom. The Hall–Kier alpha value is -3.89. The van der Waals surface area contributed by atoms with E-state index in [-0.39, 0.29) is 25.4 Å². The van der Waals surface area contributed by atoms with Gasteiger partial charge in [-0.3, -0.25) is 28.8 Å². The van der Waals surface area contributed by atoms with Crippen molar-refractivity contribution >= 4 is 64.6 Å². The molecule has 0 aliphatic carbocycles. The normalized spacial score (nSPS) is 10.7. The van der Waals surface area contributed by atoms with Crippen molar-refractivity contribution in [1.29, 1.82) is 0 Å². The smallest absolute Gasteiger partial charge is 0.340 e. The van der Waals surface area contributed by atoms with E-state index >= 15 is 0 Å². The van der Waals surface area contributed by atoms with Gasteiger partial charge >= 0.3 is 5.97 Å². The topological polar surface area (TPSA) is 135 Å². The first-order chi connectivity index (χ1) is 16.7. The van der Waals surface area contributed by atoms with Crippen molar-refractivity contribution in [3.05, 3.63) is 69.7 Å². The van der Waals surface area contributed by atoms with Crippen LogP contribution < -0.4 is 0 Å². The Morgan fingerprint density at radius 3 is 1.50 bits per heavy atom. The van der Waals surface area contributed by atoms with Gasteiger partial charge in [0.1, 0.15) is 0 Å². The van der Waals surface area contributed by atoms with Crippen LogP contribution in [0.4, 0.5) is 0 Å². The van der Waals surface area contributed by atoms with Gasteiger partial charge < -0.3 is 4.74 Å². The molecule has 0 N–H and O–H groups in total. The zero-order valence-corrected chi connectivity index (χ0v) is 21.0. The second-order valence-electron chi connectivity index (χ2n) is 7.42. The van der Waals surface area contributed by atoms with E-state index < -0.39 is 52.6 Å². The fourth-order valence-corrected chi connectivity index (χ4v) is 3.60. The number of esters is 1. The highest BCUT2D eigenvalue weighted by molar-refractivity contribution is 6.42. The largest absolute Gasteiger partial charge is 0.430 e. The minimum absolute atomic E-state index is 0.0198. The summed E-state index contributed by atoms with van der Waals surface area (Å²) in [5, 5.41) is -0.224. The SMILES string of the molecule is CC(=O)N(C(C)=O)C(=O)C(OC(=O)c1ccccc1)(C(=O)N(C(C)=O)C(C)=O)c1ccc(Cl)c(Cl)c1. The molecule has 2 aromatic rings. The van der Waals surface area contributed by atoms with E-state index in [2.05, 4.69) is 0 Å². The molecule has 0 unspecified atom stereocenters. The molecular weight excluding hydrogens is 515 g/mol. The number of carbonyl (C=O) groups is 7. The number of benzene rings is 2. The second kappa shape index (κ2) is 11.2. The summed E-state index contributed by atoms with van der Waals surface area (Å²) < 4.78 is 5.46. The number of imide groups is 6. The molecule has 0 aliphatic heterocycles. The lowest BCUT2D eigenvalue weighted by molar-refractivity contribution is -0.175. The number of hydrogen-bond acceptors (Lipinski definition) is 8. The minimum atomic E-state index is -3.21.